The summed E-state index contributed by atoms with van der Waals surface area (Å²) in [5, 5.41) is 22.3. The van der Waals surface area contributed by atoms with Gasteiger partial charge in [-0.05, 0) is 29.9 Å². The van der Waals surface area contributed by atoms with Crippen LogP contribution in [0.3, 0.4) is 0 Å². The molecule has 8 heteroatoms. The normalized spacial score (nSPS) is 9.81. The van der Waals surface area contributed by atoms with Gasteiger partial charge in [-0.25, -0.2) is 0 Å². The average Bonchev–Trinajstić information content (AvgIpc) is 2.65. The van der Waals surface area contributed by atoms with E-state index in [1.54, 1.807) is 4.90 Å². The quantitative estimate of drug-likeness (QED) is 0.478. The molecule has 0 radical (unpaired) electrons. The van der Waals surface area contributed by atoms with E-state index in [-0.39, 0.29) is 22.8 Å². The Labute approximate surface area is 156 Å². The van der Waals surface area contributed by atoms with Crippen molar-refractivity contribution in [3.63, 3.8) is 0 Å². The lowest BCUT2D eigenvalue weighted by Gasteiger charge is -2.24. The molecule has 0 aromatic heterocycles. The molecule has 0 atom stereocenters. The molecule has 0 spiro atoms. The topological polar surface area (TPSA) is 99.3 Å². The van der Waals surface area contributed by atoms with Gasteiger partial charge < -0.3 is 4.90 Å². The number of hydrogen-bond donors (Lipinski definition) is 1. The first-order valence-corrected chi connectivity index (χ1v) is 8.17. The molecule has 7 nitrogen and oxygen atoms in total. The summed E-state index contributed by atoms with van der Waals surface area (Å²) in [5.74, 6) is -0.458. The maximum atomic E-state index is 12.3. The number of nitrogens with zero attached hydrogens (tertiary/aromatic N) is 3. The van der Waals surface area contributed by atoms with Crippen LogP contribution in [0.25, 0.3) is 0 Å². The molecule has 0 aliphatic heterocycles. The van der Waals surface area contributed by atoms with Crippen LogP contribution in [0.15, 0.2) is 54.6 Å². The highest BCUT2D eigenvalue weighted by Crippen LogP contribution is 2.12. The summed E-state index contributed by atoms with van der Waals surface area (Å²) in [4.78, 5) is 24.2. The van der Waals surface area contributed by atoms with Crippen molar-refractivity contribution in [3.05, 3.63) is 75.8 Å². The molecular formula is C18H16N4O3S. The molecule has 2 aromatic carbocycles. The van der Waals surface area contributed by atoms with Gasteiger partial charge in [-0.15, -0.1) is 0 Å². The molecule has 1 amide bonds. The third-order valence-corrected chi connectivity index (χ3v) is 3.92. The number of carbonyl (C=O) groups excluding carboxylic acids is 1. The number of nitro benzene ring substituents is 1. The van der Waals surface area contributed by atoms with Crippen LogP contribution in [0.4, 0.5) is 5.69 Å². The van der Waals surface area contributed by atoms with Gasteiger partial charge >= 0.3 is 0 Å². The molecule has 0 saturated carbocycles. The van der Waals surface area contributed by atoms with Gasteiger partial charge in [-0.2, -0.15) is 5.26 Å². The summed E-state index contributed by atoms with van der Waals surface area (Å²) in [6, 6.07) is 16.9. The van der Waals surface area contributed by atoms with Crippen molar-refractivity contribution >= 4 is 28.9 Å². The van der Waals surface area contributed by atoms with Gasteiger partial charge in [0, 0.05) is 30.8 Å². The smallest absolute Gasteiger partial charge is 0.269 e. The predicted molar refractivity (Wildman–Crippen MR) is 100 cm³/mol. The molecule has 0 heterocycles. The summed E-state index contributed by atoms with van der Waals surface area (Å²) in [5.41, 5.74) is 1.17. The molecule has 26 heavy (non-hydrogen) atoms. The SMILES string of the molecule is N#CCCN(Cc1ccccc1)C(=S)NC(=O)c1ccc([N+](=O)[O-])cc1. The molecule has 0 unspecified atom stereocenters. The summed E-state index contributed by atoms with van der Waals surface area (Å²) >= 11 is 5.31. The number of nitro groups is 1. The Morgan fingerprint density at radius 3 is 2.42 bits per heavy atom. The van der Waals surface area contributed by atoms with Crippen molar-refractivity contribution in [2.75, 3.05) is 6.54 Å². The zero-order valence-corrected chi connectivity index (χ0v) is 14.6. The Balaban J connectivity index is 2.06. The Bertz CT molecular complexity index is 832. The minimum atomic E-state index is -0.532. The van der Waals surface area contributed by atoms with Gasteiger partial charge in [0.2, 0.25) is 0 Å². The van der Waals surface area contributed by atoms with Crippen LogP contribution >= 0.6 is 12.2 Å². The third kappa shape index (κ3) is 5.36. The van der Waals surface area contributed by atoms with E-state index in [0.29, 0.717) is 13.1 Å². The first kappa shape index (κ1) is 19.0. The fraction of sp³-hybridized carbons (Fsp3) is 0.167. The molecule has 0 fully saturated rings. The largest absolute Gasteiger partial charge is 0.344 e. The van der Waals surface area contributed by atoms with Crippen molar-refractivity contribution in [1.82, 2.24) is 10.2 Å². The Morgan fingerprint density at radius 2 is 1.85 bits per heavy atom. The van der Waals surface area contributed by atoms with Gasteiger partial charge in [-0.1, -0.05) is 30.3 Å². The number of non-ortho nitro benzene ring substituents is 1. The number of thiocarbonyl (C=S) groups is 1. The Morgan fingerprint density at radius 1 is 1.19 bits per heavy atom. The van der Waals surface area contributed by atoms with Crippen molar-refractivity contribution < 1.29 is 9.72 Å². The van der Waals surface area contributed by atoms with E-state index >= 15 is 0 Å². The number of nitrogens with one attached hydrogen (secondary N) is 1. The van der Waals surface area contributed by atoms with E-state index in [2.05, 4.69) is 11.4 Å². The summed E-state index contributed by atoms with van der Waals surface area (Å²) in [6.07, 6.45) is 0.264. The highest BCUT2D eigenvalue weighted by Gasteiger charge is 2.15. The Hall–Kier alpha value is -3.31. The molecule has 132 valence electrons. The van der Waals surface area contributed by atoms with Crippen LogP contribution in [-0.2, 0) is 6.54 Å². The summed E-state index contributed by atoms with van der Waals surface area (Å²) in [6.45, 7) is 0.840. The minimum absolute atomic E-state index is 0.0937. The number of rotatable bonds is 6. The second-order valence-corrected chi connectivity index (χ2v) is 5.77. The molecule has 1 N–H and O–H groups in total. The molecule has 0 bridgehead atoms. The number of carbonyl (C=O) groups is 1. The van der Waals surface area contributed by atoms with Gasteiger partial charge in [-0.3, -0.25) is 20.2 Å². The van der Waals surface area contributed by atoms with E-state index in [9.17, 15) is 14.9 Å². The van der Waals surface area contributed by atoms with Crippen LogP contribution in [0.1, 0.15) is 22.3 Å². The molecule has 0 aliphatic rings. The van der Waals surface area contributed by atoms with Crippen molar-refractivity contribution in [2.45, 2.75) is 13.0 Å². The zero-order valence-electron chi connectivity index (χ0n) is 13.8. The number of hydrogen-bond acceptors (Lipinski definition) is 5. The maximum absolute atomic E-state index is 12.3. The highest BCUT2D eigenvalue weighted by molar-refractivity contribution is 7.80. The summed E-state index contributed by atoms with van der Waals surface area (Å²) in [7, 11) is 0. The lowest BCUT2D eigenvalue weighted by Crippen LogP contribution is -2.42. The number of amides is 1. The lowest BCUT2D eigenvalue weighted by molar-refractivity contribution is -0.384. The van der Waals surface area contributed by atoms with Gasteiger partial charge in [0.1, 0.15) is 0 Å². The van der Waals surface area contributed by atoms with Crippen LogP contribution < -0.4 is 5.32 Å². The van der Waals surface area contributed by atoms with Crippen LogP contribution in [0, 0.1) is 21.4 Å². The number of benzene rings is 2. The Kier molecular flexibility index (Phi) is 6.76. The molecule has 2 rings (SSSR count). The molecule has 0 saturated heterocycles. The van der Waals surface area contributed by atoms with E-state index in [1.165, 1.54) is 24.3 Å². The van der Waals surface area contributed by atoms with Gasteiger partial charge in [0.05, 0.1) is 17.4 Å². The zero-order chi connectivity index (χ0) is 18.9. The average molecular weight is 368 g/mol. The van der Waals surface area contributed by atoms with Gasteiger partial charge in [0.15, 0.2) is 5.11 Å². The van der Waals surface area contributed by atoms with E-state index in [0.717, 1.165) is 5.56 Å². The fourth-order valence-electron chi connectivity index (χ4n) is 2.22. The maximum Gasteiger partial charge on any atom is 0.269 e. The molecular weight excluding hydrogens is 352 g/mol. The van der Waals surface area contributed by atoms with Gasteiger partial charge in [0.25, 0.3) is 11.6 Å². The first-order valence-electron chi connectivity index (χ1n) is 7.77. The van der Waals surface area contributed by atoms with E-state index < -0.39 is 10.8 Å². The standard InChI is InChI=1S/C18H16N4O3S/c19-11-4-12-21(13-14-5-2-1-3-6-14)18(26)20-17(23)15-7-9-16(10-8-15)22(24)25/h1-3,5-10H,4,12-13H2,(H,20,23,26). The minimum Gasteiger partial charge on any atom is -0.344 e. The van der Waals surface area contributed by atoms with Crippen LogP contribution in [0.5, 0.6) is 0 Å². The van der Waals surface area contributed by atoms with Crippen molar-refractivity contribution in [2.24, 2.45) is 0 Å². The second-order valence-electron chi connectivity index (χ2n) is 5.38. The molecule has 0 aliphatic carbocycles. The predicted octanol–water partition coefficient (Wildman–Crippen LogP) is 3.03. The van der Waals surface area contributed by atoms with Crippen LogP contribution in [0.2, 0.25) is 0 Å². The van der Waals surface area contributed by atoms with E-state index in [1.807, 2.05) is 30.3 Å². The van der Waals surface area contributed by atoms with Crippen molar-refractivity contribution in [1.29, 1.82) is 5.26 Å². The van der Waals surface area contributed by atoms with Crippen LogP contribution in [-0.4, -0.2) is 27.4 Å². The third-order valence-electron chi connectivity index (χ3n) is 3.56. The first-order chi connectivity index (χ1) is 12.5. The monoisotopic (exact) mass is 368 g/mol. The lowest BCUT2D eigenvalue weighted by atomic mass is 10.2. The summed E-state index contributed by atoms with van der Waals surface area (Å²) < 4.78 is 0. The highest BCUT2D eigenvalue weighted by atomic mass is 32.1. The van der Waals surface area contributed by atoms with E-state index in [4.69, 9.17) is 17.5 Å². The molecule has 2 aromatic rings. The second kappa shape index (κ2) is 9.25. The number of nitriles is 1. The fourth-order valence-corrected chi connectivity index (χ4v) is 2.47. The van der Waals surface area contributed by atoms with Crippen molar-refractivity contribution in [3.8, 4) is 6.07 Å².